The Morgan fingerprint density at radius 2 is 1.89 bits per heavy atom. The van der Waals surface area contributed by atoms with Gasteiger partial charge in [0.1, 0.15) is 11.1 Å². The van der Waals surface area contributed by atoms with Crippen molar-refractivity contribution in [3.05, 3.63) is 35.6 Å². The van der Waals surface area contributed by atoms with E-state index in [4.69, 9.17) is 0 Å². The fraction of sp³-hybridized carbons (Fsp3) is 0.417. The SMILES string of the molecule is CC(c1ccc(F)cc1)N1CC(S(=O)(=O)F)CC1=O. The normalized spacial score (nSPS) is 21.7. The lowest BCUT2D eigenvalue weighted by Crippen LogP contribution is -2.30. The smallest absolute Gasteiger partial charge is 0.307 e. The Labute approximate surface area is 110 Å². The lowest BCUT2D eigenvalue weighted by molar-refractivity contribution is -0.129. The van der Waals surface area contributed by atoms with E-state index in [1.807, 2.05) is 0 Å². The van der Waals surface area contributed by atoms with Crippen LogP contribution in [0.5, 0.6) is 0 Å². The fourth-order valence-electron chi connectivity index (χ4n) is 2.18. The fourth-order valence-corrected chi connectivity index (χ4v) is 2.86. The monoisotopic (exact) mass is 289 g/mol. The quantitative estimate of drug-likeness (QED) is 0.797. The molecule has 0 N–H and O–H groups in total. The number of nitrogens with zero attached hydrogens (tertiary/aromatic N) is 1. The lowest BCUT2D eigenvalue weighted by atomic mass is 10.1. The molecule has 1 saturated heterocycles. The molecular weight excluding hydrogens is 276 g/mol. The third kappa shape index (κ3) is 2.91. The number of carbonyl (C=O) groups is 1. The molecule has 0 bridgehead atoms. The molecule has 0 aromatic heterocycles. The highest BCUT2D eigenvalue weighted by molar-refractivity contribution is 7.87. The van der Waals surface area contributed by atoms with Crippen molar-refractivity contribution in [2.45, 2.75) is 24.6 Å². The van der Waals surface area contributed by atoms with Crippen molar-refractivity contribution < 1.29 is 21.5 Å². The van der Waals surface area contributed by atoms with Crippen LogP contribution in [0.15, 0.2) is 24.3 Å². The minimum absolute atomic E-state index is 0.170. The number of hydrogen-bond donors (Lipinski definition) is 0. The summed E-state index contributed by atoms with van der Waals surface area (Å²) in [6.45, 7) is 1.52. The Bertz CT molecular complexity index is 585. The maximum atomic E-state index is 12.9. The molecule has 1 aliphatic heterocycles. The first-order valence-corrected chi connectivity index (χ1v) is 7.22. The van der Waals surface area contributed by atoms with Gasteiger partial charge in [0.05, 0.1) is 6.04 Å². The van der Waals surface area contributed by atoms with Gasteiger partial charge in [-0.05, 0) is 24.6 Å². The molecule has 0 saturated carbocycles. The van der Waals surface area contributed by atoms with Gasteiger partial charge in [0, 0.05) is 13.0 Å². The molecule has 0 aliphatic carbocycles. The Morgan fingerprint density at radius 3 is 2.37 bits per heavy atom. The second-order valence-electron chi connectivity index (χ2n) is 4.58. The van der Waals surface area contributed by atoms with E-state index < -0.39 is 33.2 Å². The highest BCUT2D eigenvalue weighted by Crippen LogP contribution is 2.28. The van der Waals surface area contributed by atoms with Crippen molar-refractivity contribution in [1.82, 2.24) is 4.90 Å². The number of likely N-dealkylation sites (tertiary alicyclic amines) is 1. The molecular formula is C12H13F2NO3S. The zero-order valence-electron chi connectivity index (χ0n) is 10.2. The van der Waals surface area contributed by atoms with Crippen LogP contribution < -0.4 is 0 Å². The largest absolute Gasteiger partial charge is 0.334 e. The van der Waals surface area contributed by atoms with E-state index in [0.717, 1.165) is 0 Å². The first kappa shape index (κ1) is 13.9. The first-order valence-electron chi connectivity index (χ1n) is 5.77. The zero-order valence-corrected chi connectivity index (χ0v) is 11.0. The molecule has 0 radical (unpaired) electrons. The number of benzene rings is 1. The van der Waals surface area contributed by atoms with Gasteiger partial charge >= 0.3 is 10.2 Å². The number of halogens is 2. The van der Waals surface area contributed by atoms with Gasteiger partial charge in [-0.25, -0.2) is 4.39 Å². The summed E-state index contributed by atoms with van der Waals surface area (Å²) in [5, 5.41) is -1.30. The van der Waals surface area contributed by atoms with Crippen molar-refractivity contribution in [2.24, 2.45) is 0 Å². The predicted octanol–water partition coefficient (Wildman–Crippen LogP) is 1.79. The highest BCUT2D eigenvalue weighted by atomic mass is 32.3. The van der Waals surface area contributed by atoms with E-state index in [1.54, 1.807) is 6.92 Å². The Hall–Kier alpha value is -1.50. The third-order valence-corrected chi connectivity index (χ3v) is 4.45. The second-order valence-corrected chi connectivity index (χ2v) is 6.19. The van der Waals surface area contributed by atoms with Gasteiger partial charge < -0.3 is 4.90 Å². The molecule has 1 fully saturated rings. The van der Waals surface area contributed by atoms with Crippen LogP contribution in [0.1, 0.15) is 24.9 Å². The van der Waals surface area contributed by atoms with Crippen molar-refractivity contribution in [2.75, 3.05) is 6.54 Å². The van der Waals surface area contributed by atoms with Gasteiger partial charge in [0.25, 0.3) is 0 Å². The molecule has 7 heteroatoms. The van der Waals surface area contributed by atoms with Crippen molar-refractivity contribution >= 4 is 16.1 Å². The number of carbonyl (C=O) groups excluding carboxylic acids is 1. The second kappa shape index (κ2) is 4.88. The summed E-state index contributed by atoms with van der Waals surface area (Å²) in [6.07, 6.45) is -0.343. The van der Waals surface area contributed by atoms with Gasteiger partial charge in [-0.1, -0.05) is 12.1 Å². The molecule has 19 heavy (non-hydrogen) atoms. The number of rotatable bonds is 3. The molecule has 1 aromatic rings. The molecule has 1 aromatic carbocycles. The summed E-state index contributed by atoms with van der Waals surface area (Å²) >= 11 is 0. The lowest BCUT2D eigenvalue weighted by Gasteiger charge is -2.24. The van der Waals surface area contributed by atoms with E-state index in [-0.39, 0.29) is 13.0 Å². The van der Waals surface area contributed by atoms with Crippen LogP contribution in [-0.2, 0) is 15.0 Å². The molecule has 4 nitrogen and oxygen atoms in total. The molecule has 1 aliphatic rings. The van der Waals surface area contributed by atoms with Crippen LogP contribution in [-0.4, -0.2) is 31.0 Å². The molecule has 1 heterocycles. The standard InChI is InChI=1S/C12H13F2NO3S/c1-8(9-2-4-10(13)5-3-9)15-7-11(6-12(15)16)19(14,17)18/h2-5,8,11H,6-7H2,1H3. The van der Waals surface area contributed by atoms with Crippen molar-refractivity contribution in [3.63, 3.8) is 0 Å². The third-order valence-electron chi connectivity index (χ3n) is 3.34. The van der Waals surface area contributed by atoms with Gasteiger partial charge in [-0.15, -0.1) is 3.89 Å². The molecule has 1 amide bonds. The van der Waals surface area contributed by atoms with Gasteiger partial charge in [-0.2, -0.15) is 8.42 Å². The molecule has 2 atom stereocenters. The number of hydrogen-bond acceptors (Lipinski definition) is 3. The Balaban J connectivity index is 2.18. The van der Waals surface area contributed by atoms with E-state index in [1.165, 1.54) is 29.2 Å². The van der Waals surface area contributed by atoms with E-state index in [2.05, 4.69) is 0 Å². The highest BCUT2D eigenvalue weighted by Gasteiger charge is 2.40. The minimum atomic E-state index is -4.71. The van der Waals surface area contributed by atoms with Crippen LogP contribution >= 0.6 is 0 Å². The average molecular weight is 289 g/mol. The maximum Gasteiger partial charge on any atom is 0.307 e. The summed E-state index contributed by atoms with van der Waals surface area (Å²) in [4.78, 5) is 13.0. The average Bonchev–Trinajstić information content (AvgIpc) is 2.71. The first-order chi connectivity index (χ1) is 8.79. The summed E-state index contributed by atoms with van der Waals surface area (Å²) in [5.41, 5.74) is 0.673. The summed E-state index contributed by atoms with van der Waals surface area (Å²) in [6, 6.07) is 5.14. The van der Waals surface area contributed by atoms with E-state index in [9.17, 15) is 21.5 Å². The predicted molar refractivity (Wildman–Crippen MR) is 65.0 cm³/mol. The Morgan fingerprint density at radius 1 is 1.32 bits per heavy atom. The van der Waals surface area contributed by atoms with Crippen LogP contribution in [0.3, 0.4) is 0 Å². The van der Waals surface area contributed by atoms with E-state index >= 15 is 0 Å². The maximum absolute atomic E-state index is 12.9. The topological polar surface area (TPSA) is 54.5 Å². The number of amides is 1. The van der Waals surface area contributed by atoms with Gasteiger partial charge in [0.15, 0.2) is 0 Å². The van der Waals surface area contributed by atoms with Crippen molar-refractivity contribution in [3.8, 4) is 0 Å². The van der Waals surface area contributed by atoms with Gasteiger partial charge in [0.2, 0.25) is 5.91 Å². The van der Waals surface area contributed by atoms with Crippen LogP contribution in [0.4, 0.5) is 8.28 Å². The summed E-state index contributed by atoms with van der Waals surface area (Å²) in [5.74, 6) is -0.809. The van der Waals surface area contributed by atoms with Gasteiger partial charge in [-0.3, -0.25) is 4.79 Å². The van der Waals surface area contributed by atoms with E-state index in [0.29, 0.717) is 5.56 Å². The zero-order chi connectivity index (χ0) is 14.2. The molecule has 104 valence electrons. The van der Waals surface area contributed by atoms with Crippen molar-refractivity contribution in [1.29, 1.82) is 0 Å². The minimum Gasteiger partial charge on any atom is -0.334 e. The van der Waals surface area contributed by atoms with Crippen LogP contribution in [0.2, 0.25) is 0 Å². The molecule has 2 rings (SSSR count). The summed E-state index contributed by atoms with van der Waals surface area (Å²) < 4.78 is 47.4. The summed E-state index contributed by atoms with van der Waals surface area (Å²) in [7, 11) is -4.71. The van der Waals surface area contributed by atoms with Crippen LogP contribution in [0.25, 0.3) is 0 Å². The molecule has 0 spiro atoms. The molecule has 2 unspecified atom stereocenters. The Kier molecular flexibility index (Phi) is 3.58. The van der Waals surface area contributed by atoms with Crippen LogP contribution in [0, 0.1) is 5.82 Å².